The second-order valence-corrected chi connectivity index (χ2v) is 26.1. The van der Waals surface area contributed by atoms with Crippen molar-refractivity contribution in [1.29, 1.82) is 0 Å². The number of benzene rings is 7. The predicted octanol–water partition coefficient (Wildman–Crippen LogP) is 18.7. The fourth-order valence-electron chi connectivity index (χ4n) is 10.5. The molecule has 0 fully saturated rings. The Balaban J connectivity index is 0.00000689. The van der Waals surface area contributed by atoms with Gasteiger partial charge in [0, 0.05) is 55.3 Å². The van der Waals surface area contributed by atoms with Crippen molar-refractivity contribution in [3.63, 3.8) is 0 Å². The van der Waals surface area contributed by atoms with Gasteiger partial charge in [0.1, 0.15) is 5.82 Å². The van der Waals surface area contributed by atoms with E-state index in [0.717, 1.165) is 56.1 Å². The quantitative estimate of drug-likeness (QED) is 0.142. The van der Waals surface area contributed by atoms with Crippen molar-refractivity contribution in [2.45, 2.75) is 143 Å². The first-order chi connectivity index (χ1) is 34.7. The van der Waals surface area contributed by atoms with E-state index in [9.17, 15) is 0 Å². The molecule has 3 heterocycles. The van der Waals surface area contributed by atoms with Crippen LogP contribution in [0.1, 0.15) is 155 Å². The average molecular weight is 1170 g/mol. The Labute approximate surface area is 463 Å². The van der Waals surface area contributed by atoms with E-state index in [1.165, 1.54) is 49.9 Å². The molecule has 5 heteroatoms. The molecule has 0 spiro atoms. The van der Waals surface area contributed by atoms with Crippen molar-refractivity contribution in [1.82, 2.24) is 9.55 Å². The van der Waals surface area contributed by atoms with Crippen LogP contribution in [0.15, 0.2) is 158 Å². The van der Waals surface area contributed by atoms with Gasteiger partial charge in [-0.1, -0.05) is 195 Å². The summed E-state index contributed by atoms with van der Waals surface area (Å²) in [6.45, 7) is 39.3. The maximum Gasteiger partial charge on any atom is 0.135 e. The Hall–Kier alpha value is -6.22. The van der Waals surface area contributed by atoms with Crippen LogP contribution in [0.2, 0.25) is 0 Å². The van der Waals surface area contributed by atoms with Crippen molar-refractivity contribution < 1.29 is 21.1 Å². The van der Waals surface area contributed by atoms with Crippen LogP contribution in [0.25, 0.3) is 38.8 Å². The van der Waals surface area contributed by atoms with Gasteiger partial charge in [-0.2, -0.15) is 53.6 Å². The molecule has 0 saturated heterocycles. The fraction of sp³-hybridized carbons (Fsp3) is 0.314. The molecule has 0 aliphatic carbocycles. The Morgan fingerprint density at radius 1 is 0.413 bits per heavy atom. The Morgan fingerprint density at radius 3 is 1.56 bits per heavy atom. The van der Waals surface area contributed by atoms with Gasteiger partial charge in [-0.15, -0.1) is 17.7 Å². The monoisotopic (exact) mass is 1170 g/mol. The van der Waals surface area contributed by atoms with Gasteiger partial charge in [0.25, 0.3) is 0 Å². The minimum absolute atomic E-state index is 0. The zero-order chi connectivity index (χ0) is 52.9. The molecule has 0 N–H and O–H groups in total. The van der Waals surface area contributed by atoms with E-state index in [0.29, 0.717) is 0 Å². The van der Waals surface area contributed by atoms with Crippen molar-refractivity contribution in [2.24, 2.45) is 0 Å². The molecule has 9 aromatic rings. The number of aromatic nitrogens is 2. The molecule has 1 aliphatic rings. The smallest absolute Gasteiger partial charge is 0.135 e. The van der Waals surface area contributed by atoms with Crippen LogP contribution in [0, 0.1) is 18.8 Å². The first-order valence-electron chi connectivity index (χ1n) is 26.6. The summed E-state index contributed by atoms with van der Waals surface area (Å²) in [5.74, 6) is 0.876. The zero-order valence-electron chi connectivity index (χ0n) is 47.2. The first-order valence-corrected chi connectivity index (χ1v) is 26.6. The minimum Gasteiger partial charge on any atom is -0.493 e. The molecule has 0 unspecified atom stereocenters. The average Bonchev–Trinajstić information content (AvgIpc) is 3.91. The number of hydrogen-bond donors (Lipinski definition) is 0. The van der Waals surface area contributed by atoms with E-state index < -0.39 is 5.41 Å². The summed E-state index contributed by atoms with van der Waals surface area (Å²) in [4.78, 5) is 9.84. The maximum absolute atomic E-state index is 5.19. The number of fused-ring (bicyclic) bond motifs is 4. The van der Waals surface area contributed by atoms with Gasteiger partial charge in [0.15, 0.2) is 0 Å². The van der Waals surface area contributed by atoms with Crippen molar-refractivity contribution in [3.05, 3.63) is 221 Å². The number of hydrogen-bond acceptors (Lipinski definition) is 3. The number of pyridine rings is 1. The van der Waals surface area contributed by atoms with Crippen LogP contribution in [-0.4, -0.2) is 9.55 Å². The van der Waals surface area contributed by atoms with Gasteiger partial charge in [0.2, 0.25) is 0 Å². The number of para-hydroxylation sites is 2. The third-order valence-electron chi connectivity index (χ3n) is 15.8. The van der Waals surface area contributed by atoms with Gasteiger partial charge >= 0.3 is 0 Å². The number of nitrogens with zero attached hydrogens (tertiary/aromatic N) is 4. The molecule has 0 saturated carbocycles. The Bertz CT molecular complexity index is 3520. The van der Waals surface area contributed by atoms with Gasteiger partial charge in [-0.05, 0) is 119 Å². The van der Waals surface area contributed by atoms with E-state index in [2.05, 4.69) is 296 Å². The summed E-state index contributed by atoms with van der Waals surface area (Å²) in [6, 6.07) is 64.3. The van der Waals surface area contributed by atoms with Gasteiger partial charge in [-0.3, -0.25) is 0 Å². The van der Waals surface area contributed by atoms with Crippen LogP contribution < -0.4 is 9.80 Å². The van der Waals surface area contributed by atoms with Crippen LogP contribution in [0.5, 0.6) is 0 Å². The number of anilines is 4. The van der Waals surface area contributed by atoms with Crippen molar-refractivity contribution in [3.8, 4) is 16.9 Å². The summed E-state index contributed by atoms with van der Waals surface area (Å²) in [7, 11) is 0. The maximum atomic E-state index is 5.19. The summed E-state index contributed by atoms with van der Waals surface area (Å²) in [5, 5.41) is 2.31. The molecule has 75 heavy (non-hydrogen) atoms. The van der Waals surface area contributed by atoms with E-state index in [4.69, 9.17) is 4.98 Å². The van der Waals surface area contributed by atoms with Crippen LogP contribution >= 0.6 is 0 Å². The third kappa shape index (κ3) is 10.1. The second-order valence-electron chi connectivity index (χ2n) is 26.1. The molecular weight excluding hydrogens is 1090 g/mol. The first kappa shape index (κ1) is 53.6. The summed E-state index contributed by atoms with van der Waals surface area (Å²) >= 11 is 0. The molecule has 2 aromatic heterocycles. The van der Waals surface area contributed by atoms with E-state index >= 15 is 0 Å². The molecule has 0 bridgehead atoms. The van der Waals surface area contributed by atoms with Crippen molar-refractivity contribution in [2.75, 3.05) is 9.80 Å². The molecule has 0 radical (unpaired) electrons. The van der Waals surface area contributed by atoms with Crippen LogP contribution in [-0.2, 0) is 53.6 Å². The fourth-order valence-corrected chi connectivity index (χ4v) is 10.5. The molecule has 388 valence electrons. The number of rotatable bonds is 8. The molecule has 1 aliphatic heterocycles. The van der Waals surface area contributed by atoms with Crippen LogP contribution in [0.3, 0.4) is 0 Å². The van der Waals surface area contributed by atoms with Crippen molar-refractivity contribution >= 4 is 44.6 Å². The normalized spacial score (nSPS) is 13.7. The molecule has 0 atom stereocenters. The second kappa shape index (κ2) is 19.1. The topological polar surface area (TPSA) is 24.3 Å². The molecule has 10 rings (SSSR count). The Kier molecular flexibility index (Phi) is 13.7. The zero-order valence-corrected chi connectivity index (χ0v) is 49.5. The molecule has 0 amide bonds. The van der Waals surface area contributed by atoms with Gasteiger partial charge in [0.05, 0.1) is 0 Å². The Morgan fingerprint density at radius 2 is 0.960 bits per heavy atom. The molecule has 7 aromatic carbocycles. The largest absolute Gasteiger partial charge is 0.493 e. The van der Waals surface area contributed by atoms with E-state index in [1.54, 1.807) is 0 Å². The minimum atomic E-state index is -0.470. The molecular formula is C70H75N4Pt-3. The summed E-state index contributed by atoms with van der Waals surface area (Å²) in [6.07, 6.45) is 1.99. The van der Waals surface area contributed by atoms with Gasteiger partial charge in [-0.25, -0.2) is 4.98 Å². The third-order valence-corrected chi connectivity index (χ3v) is 15.8. The molecule has 4 nitrogen and oxygen atoms in total. The predicted molar refractivity (Wildman–Crippen MR) is 315 cm³/mol. The summed E-state index contributed by atoms with van der Waals surface area (Å²) in [5.41, 5.74) is 18.2. The standard InChI is InChI=1S/C70H75N4.Pt/c1-65(2,3)51-36-52(66(4,5)6)39-55(38-51)70(15,16)50-33-34-71-64(44-50)74-60-32-29-47(46-23-18-17-19-24-46)35-59(60)58-31-30-49(43-63(58)74)69(13,14)48-25-22-26-56(40-48)72-45-73(62-28-21-20-27-61(62)72)57-41-53(67(7,8)9)37-54(42-57)68(10,11)12;/h17-39,41-42,44-45H,1-16H3;/q-3;. The van der Waals surface area contributed by atoms with E-state index in [1.807, 2.05) is 6.20 Å². The van der Waals surface area contributed by atoms with Gasteiger partial charge < -0.3 is 14.4 Å². The summed E-state index contributed by atoms with van der Waals surface area (Å²) < 4.78 is 2.34. The van der Waals surface area contributed by atoms with Crippen LogP contribution in [0.4, 0.5) is 22.7 Å². The van der Waals surface area contributed by atoms with E-state index in [-0.39, 0.29) is 48.1 Å². The SMILES string of the molecule is CC(C)(C)c1cc(N2[CH-]N(c3[c-]c(C(C)(C)c4[c-]c5c(cc4)c4cc(-c6ccccc6)ccc4n5-c4cc(C(C)(C)c5cc(C(C)(C)C)cc(C(C)(C)C)c5)ccn4)ccc3)c3ccccc32)cc(C(C)(C)C)c1.[Pt].